The topological polar surface area (TPSA) is 37.3 Å². The Bertz CT molecular complexity index is 842. The van der Waals surface area contributed by atoms with E-state index in [1.54, 1.807) is 36.7 Å². The van der Waals surface area contributed by atoms with Crippen LogP contribution in [0.5, 0.6) is 0 Å². The van der Waals surface area contributed by atoms with Gasteiger partial charge < -0.3 is 0 Å². The fraction of sp³-hybridized carbons (Fsp3) is 0. The van der Waals surface area contributed by atoms with E-state index in [1.165, 1.54) is 0 Å². The minimum absolute atomic E-state index is 0.546. The molecule has 2 aromatic carbocycles. The van der Waals surface area contributed by atoms with Crippen LogP contribution in [0.4, 0.5) is 5.69 Å². The van der Waals surface area contributed by atoms with Crippen molar-refractivity contribution in [3.05, 3.63) is 69.3 Å². The molecule has 0 atom stereocenters. The van der Waals surface area contributed by atoms with Crippen LogP contribution >= 0.6 is 34.8 Å². The van der Waals surface area contributed by atoms with Crippen LogP contribution in [-0.4, -0.2) is 11.2 Å². The smallest absolute Gasteiger partial charge is 0.0738 e. The van der Waals surface area contributed by atoms with E-state index in [9.17, 15) is 0 Å². The molecule has 0 aliphatic rings. The molecule has 0 saturated heterocycles. The largest absolute Gasteiger partial charge is 0.278 e. The summed E-state index contributed by atoms with van der Waals surface area (Å²) < 4.78 is 0. The second-order valence-electron chi connectivity index (χ2n) is 4.53. The van der Waals surface area contributed by atoms with Crippen molar-refractivity contribution in [2.45, 2.75) is 0 Å². The Morgan fingerprint density at radius 1 is 1.00 bits per heavy atom. The van der Waals surface area contributed by atoms with E-state index >= 15 is 0 Å². The minimum atomic E-state index is 0.546. The van der Waals surface area contributed by atoms with Gasteiger partial charge in [-0.25, -0.2) is 0 Å². The molecule has 0 spiro atoms. The molecule has 0 fully saturated rings. The first kappa shape index (κ1) is 15.1. The molecule has 0 radical (unpaired) electrons. The summed E-state index contributed by atoms with van der Waals surface area (Å²) in [6.07, 6.45) is 3.28. The third-order valence-corrected chi connectivity index (χ3v) is 3.98. The van der Waals surface area contributed by atoms with Crippen LogP contribution < -0.4 is 5.43 Å². The number of halogens is 3. The zero-order chi connectivity index (χ0) is 15.5. The summed E-state index contributed by atoms with van der Waals surface area (Å²) in [5.74, 6) is 0. The van der Waals surface area contributed by atoms with Gasteiger partial charge in [-0.1, -0.05) is 40.9 Å². The van der Waals surface area contributed by atoms with Gasteiger partial charge in [0.05, 0.1) is 27.5 Å². The Balaban J connectivity index is 1.90. The Morgan fingerprint density at radius 2 is 1.77 bits per heavy atom. The molecule has 0 unspecified atom stereocenters. The Hall–Kier alpha value is -1.81. The first-order valence-electron chi connectivity index (χ1n) is 6.42. The number of fused-ring (bicyclic) bond motifs is 1. The molecule has 3 aromatic rings. The Kier molecular flexibility index (Phi) is 4.48. The van der Waals surface area contributed by atoms with E-state index in [1.807, 2.05) is 18.2 Å². The number of anilines is 1. The number of hydrogen-bond donors (Lipinski definition) is 1. The van der Waals surface area contributed by atoms with Gasteiger partial charge in [0.2, 0.25) is 0 Å². The number of aromatic nitrogens is 1. The maximum absolute atomic E-state index is 6.10. The van der Waals surface area contributed by atoms with Crippen molar-refractivity contribution in [1.29, 1.82) is 0 Å². The summed E-state index contributed by atoms with van der Waals surface area (Å²) in [5, 5.41) is 6.86. The van der Waals surface area contributed by atoms with E-state index in [-0.39, 0.29) is 0 Å². The Labute approximate surface area is 142 Å². The monoisotopic (exact) mass is 349 g/mol. The zero-order valence-corrected chi connectivity index (χ0v) is 13.5. The second kappa shape index (κ2) is 6.53. The van der Waals surface area contributed by atoms with Gasteiger partial charge in [0, 0.05) is 22.2 Å². The molecular formula is C16H10Cl3N3. The number of hydrazone groups is 1. The number of rotatable bonds is 3. The van der Waals surface area contributed by atoms with E-state index in [0.717, 1.165) is 16.6 Å². The van der Waals surface area contributed by atoms with Crippen LogP contribution in [0.15, 0.2) is 53.8 Å². The molecule has 0 bridgehead atoms. The molecule has 1 heterocycles. The summed E-state index contributed by atoms with van der Waals surface area (Å²) >= 11 is 18.2. The number of nitrogens with zero attached hydrogens (tertiary/aromatic N) is 2. The highest BCUT2D eigenvalue weighted by Gasteiger charge is 2.03. The van der Waals surface area contributed by atoms with Gasteiger partial charge in [-0.3, -0.25) is 10.4 Å². The van der Waals surface area contributed by atoms with Crippen molar-refractivity contribution >= 4 is 57.6 Å². The van der Waals surface area contributed by atoms with Crippen molar-refractivity contribution in [2.24, 2.45) is 5.10 Å². The third kappa shape index (κ3) is 3.17. The maximum Gasteiger partial charge on any atom is 0.0738 e. The van der Waals surface area contributed by atoms with Gasteiger partial charge >= 0.3 is 0 Å². The number of nitrogens with one attached hydrogen (secondary N) is 1. The van der Waals surface area contributed by atoms with Crippen LogP contribution in [0.25, 0.3) is 10.9 Å². The van der Waals surface area contributed by atoms with Gasteiger partial charge in [-0.05, 0) is 36.4 Å². The SMILES string of the molecule is Clc1ccc2c(NN=Cc3c(Cl)cccc3Cl)ccnc2c1. The van der Waals surface area contributed by atoms with Crippen LogP contribution in [0, 0.1) is 0 Å². The van der Waals surface area contributed by atoms with Gasteiger partial charge in [-0.2, -0.15) is 5.10 Å². The molecule has 110 valence electrons. The average Bonchev–Trinajstić information content (AvgIpc) is 2.50. The fourth-order valence-electron chi connectivity index (χ4n) is 2.02. The lowest BCUT2D eigenvalue weighted by Crippen LogP contribution is -1.94. The average molecular weight is 351 g/mol. The minimum Gasteiger partial charge on any atom is -0.278 e. The second-order valence-corrected chi connectivity index (χ2v) is 5.78. The normalized spacial score (nSPS) is 11.2. The van der Waals surface area contributed by atoms with Crippen LogP contribution in [0.3, 0.4) is 0 Å². The zero-order valence-electron chi connectivity index (χ0n) is 11.2. The molecule has 3 nitrogen and oxygen atoms in total. The quantitative estimate of drug-likeness (QED) is 0.490. The summed E-state index contributed by atoms with van der Waals surface area (Å²) in [6.45, 7) is 0. The summed E-state index contributed by atoms with van der Waals surface area (Å²) in [5.41, 5.74) is 5.26. The highest BCUT2D eigenvalue weighted by Crippen LogP contribution is 2.25. The lowest BCUT2D eigenvalue weighted by molar-refractivity contribution is 1.33. The molecule has 22 heavy (non-hydrogen) atoms. The van der Waals surface area contributed by atoms with E-state index in [2.05, 4.69) is 15.5 Å². The van der Waals surface area contributed by atoms with Crippen LogP contribution in [-0.2, 0) is 0 Å². The van der Waals surface area contributed by atoms with Crippen molar-refractivity contribution < 1.29 is 0 Å². The lowest BCUT2D eigenvalue weighted by Gasteiger charge is -2.06. The van der Waals surface area contributed by atoms with Gasteiger partial charge in [-0.15, -0.1) is 0 Å². The number of benzene rings is 2. The molecule has 0 aliphatic heterocycles. The molecule has 1 N–H and O–H groups in total. The van der Waals surface area contributed by atoms with Crippen molar-refractivity contribution in [3.63, 3.8) is 0 Å². The standard InChI is InChI=1S/C16H10Cl3N3/c17-10-4-5-11-15(6-7-20-16(11)8-10)22-21-9-12-13(18)2-1-3-14(12)19/h1-9H,(H,20,22). The van der Waals surface area contributed by atoms with Crippen molar-refractivity contribution in [2.75, 3.05) is 5.43 Å². The molecule has 6 heteroatoms. The predicted octanol–water partition coefficient (Wildman–Crippen LogP) is 5.64. The lowest BCUT2D eigenvalue weighted by atomic mass is 10.2. The van der Waals surface area contributed by atoms with Gasteiger partial charge in [0.15, 0.2) is 0 Å². The first-order valence-corrected chi connectivity index (χ1v) is 7.56. The molecule has 0 aliphatic carbocycles. The van der Waals surface area contributed by atoms with Gasteiger partial charge in [0.1, 0.15) is 0 Å². The Morgan fingerprint density at radius 3 is 2.55 bits per heavy atom. The molecule has 1 aromatic heterocycles. The van der Waals surface area contributed by atoms with E-state index < -0.39 is 0 Å². The first-order chi connectivity index (χ1) is 10.6. The summed E-state index contributed by atoms with van der Waals surface area (Å²) in [7, 11) is 0. The molecule has 3 rings (SSSR count). The van der Waals surface area contributed by atoms with Crippen molar-refractivity contribution in [1.82, 2.24) is 4.98 Å². The van der Waals surface area contributed by atoms with E-state index in [0.29, 0.717) is 20.6 Å². The third-order valence-electron chi connectivity index (χ3n) is 3.08. The number of hydrogen-bond acceptors (Lipinski definition) is 3. The highest BCUT2D eigenvalue weighted by molar-refractivity contribution is 6.38. The van der Waals surface area contributed by atoms with Crippen LogP contribution in [0.1, 0.15) is 5.56 Å². The molecular weight excluding hydrogens is 341 g/mol. The predicted molar refractivity (Wildman–Crippen MR) is 94.4 cm³/mol. The molecule has 0 saturated carbocycles. The molecule has 0 amide bonds. The van der Waals surface area contributed by atoms with Gasteiger partial charge in [0.25, 0.3) is 0 Å². The number of pyridine rings is 1. The summed E-state index contributed by atoms with van der Waals surface area (Å²) in [6, 6.07) is 12.7. The van der Waals surface area contributed by atoms with E-state index in [4.69, 9.17) is 34.8 Å². The fourth-order valence-corrected chi connectivity index (χ4v) is 2.68. The maximum atomic E-state index is 6.10. The summed E-state index contributed by atoms with van der Waals surface area (Å²) in [4.78, 5) is 4.28. The van der Waals surface area contributed by atoms with Crippen molar-refractivity contribution in [3.8, 4) is 0 Å². The van der Waals surface area contributed by atoms with Crippen LogP contribution in [0.2, 0.25) is 15.1 Å². The highest BCUT2D eigenvalue weighted by atomic mass is 35.5.